The predicted octanol–water partition coefficient (Wildman–Crippen LogP) is 5.82. The molecule has 11 heteroatoms. The first-order chi connectivity index (χ1) is 20.3. The zero-order valence-electron chi connectivity index (χ0n) is 23.9. The highest BCUT2D eigenvalue weighted by Gasteiger charge is 2.29. The van der Waals surface area contributed by atoms with Crippen LogP contribution in [0.15, 0.2) is 60.7 Å². The van der Waals surface area contributed by atoms with Gasteiger partial charge in [0.15, 0.2) is 11.5 Å². The quantitative estimate of drug-likeness (QED) is 0.139. The number of rotatable bonds is 14. The molecular weight excluding hydrogens is 542 g/mol. The van der Waals surface area contributed by atoms with Crippen molar-refractivity contribution in [2.45, 2.75) is 45.1 Å². The predicted molar refractivity (Wildman–Crippen MR) is 155 cm³/mol. The average Bonchev–Trinajstić information content (AvgIpc) is 3.32. The Hall–Kier alpha value is -4.64. The first-order valence-electron chi connectivity index (χ1n) is 13.9. The molecule has 0 aromatic heterocycles. The van der Waals surface area contributed by atoms with E-state index in [0.717, 1.165) is 28.7 Å². The molecule has 1 unspecified atom stereocenters. The lowest BCUT2D eigenvalue weighted by atomic mass is 9.98. The highest BCUT2D eigenvalue weighted by molar-refractivity contribution is 5.79. The normalized spacial score (nSPS) is 12.5. The van der Waals surface area contributed by atoms with E-state index in [1.165, 1.54) is 19.2 Å². The Balaban J connectivity index is 1.35. The van der Waals surface area contributed by atoms with Crippen molar-refractivity contribution in [1.29, 1.82) is 0 Å². The smallest absolute Gasteiger partial charge is 0.431 e. The molecule has 0 fully saturated rings. The Morgan fingerprint density at radius 3 is 2.31 bits per heavy atom. The molecule has 0 spiro atoms. The zero-order valence-corrected chi connectivity index (χ0v) is 23.9. The number of carbonyl (C=O) groups is 2. The lowest BCUT2D eigenvalue weighted by Gasteiger charge is -2.18. The number of hydrogen-bond donors (Lipinski definition) is 2. The van der Waals surface area contributed by atoms with Crippen LogP contribution in [0.2, 0.25) is 0 Å². The summed E-state index contributed by atoms with van der Waals surface area (Å²) in [5.41, 5.74) is 6.51. The van der Waals surface area contributed by atoms with E-state index in [1.54, 1.807) is 6.92 Å². The van der Waals surface area contributed by atoms with Crippen LogP contribution in [0.4, 0.5) is 10.5 Å². The molecule has 0 aliphatic heterocycles. The minimum atomic E-state index is -0.920. The summed E-state index contributed by atoms with van der Waals surface area (Å²) in [5.74, 6) is 0.217. The van der Waals surface area contributed by atoms with Gasteiger partial charge >= 0.3 is 6.09 Å². The van der Waals surface area contributed by atoms with Crippen LogP contribution < -0.4 is 20.3 Å². The van der Waals surface area contributed by atoms with Gasteiger partial charge in [0.1, 0.15) is 12.7 Å². The van der Waals surface area contributed by atoms with Crippen molar-refractivity contribution in [2.24, 2.45) is 0 Å². The number of hydrogen-bond acceptors (Lipinski definition) is 8. The molecule has 2 amide bonds. The van der Waals surface area contributed by atoms with E-state index in [0.29, 0.717) is 13.0 Å². The minimum Gasteiger partial charge on any atom is -0.493 e. The van der Waals surface area contributed by atoms with Gasteiger partial charge in [0.05, 0.1) is 30.3 Å². The summed E-state index contributed by atoms with van der Waals surface area (Å²) >= 11 is 0. The number of amides is 2. The third-order valence-corrected chi connectivity index (χ3v) is 6.99. The van der Waals surface area contributed by atoms with Gasteiger partial charge in [0.2, 0.25) is 5.91 Å². The van der Waals surface area contributed by atoms with E-state index in [2.05, 4.69) is 10.8 Å². The van der Waals surface area contributed by atoms with E-state index in [9.17, 15) is 19.7 Å². The van der Waals surface area contributed by atoms with Crippen molar-refractivity contribution in [3.8, 4) is 22.6 Å². The summed E-state index contributed by atoms with van der Waals surface area (Å²) < 4.78 is 16.6. The number of carbonyl (C=O) groups excluding carboxylic acids is 2. The van der Waals surface area contributed by atoms with Crippen LogP contribution in [-0.2, 0) is 14.4 Å². The SMILES string of the molecule is CCCNC(=O)CCCOc1cc([N+](=O)[O-])c(C(C)ONC(=O)OCC2c3ccccc3-c3ccccc32)cc1OC. The monoisotopic (exact) mass is 577 g/mol. The summed E-state index contributed by atoms with van der Waals surface area (Å²) in [6, 6.07) is 18.7. The van der Waals surface area contributed by atoms with Gasteiger partial charge in [0, 0.05) is 18.9 Å². The number of nitro groups is 1. The van der Waals surface area contributed by atoms with Crippen LogP contribution in [0, 0.1) is 10.1 Å². The van der Waals surface area contributed by atoms with E-state index < -0.39 is 17.1 Å². The highest BCUT2D eigenvalue weighted by Crippen LogP contribution is 2.44. The van der Waals surface area contributed by atoms with Crippen LogP contribution in [0.1, 0.15) is 61.8 Å². The molecule has 0 saturated carbocycles. The number of nitro benzene ring substituents is 1. The highest BCUT2D eigenvalue weighted by atomic mass is 16.7. The third-order valence-electron chi connectivity index (χ3n) is 6.99. The average molecular weight is 578 g/mol. The maximum absolute atomic E-state index is 12.5. The van der Waals surface area contributed by atoms with Crippen LogP contribution in [0.25, 0.3) is 11.1 Å². The lowest BCUT2D eigenvalue weighted by Crippen LogP contribution is -2.27. The topological polar surface area (TPSA) is 138 Å². The summed E-state index contributed by atoms with van der Waals surface area (Å²) in [6.07, 6.45) is -0.191. The fourth-order valence-electron chi connectivity index (χ4n) is 4.92. The number of benzene rings is 3. The Kier molecular flexibility index (Phi) is 10.3. The fraction of sp³-hybridized carbons (Fsp3) is 0.355. The summed E-state index contributed by atoms with van der Waals surface area (Å²) in [6.45, 7) is 4.40. The van der Waals surface area contributed by atoms with Gasteiger partial charge in [-0.3, -0.25) is 19.7 Å². The van der Waals surface area contributed by atoms with Gasteiger partial charge in [-0.05, 0) is 48.1 Å². The van der Waals surface area contributed by atoms with Crippen molar-refractivity contribution >= 4 is 17.7 Å². The maximum atomic E-state index is 12.5. The lowest BCUT2D eigenvalue weighted by molar-refractivity contribution is -0.386. The second-order valence-electron chi connectivity index (χ2n) is 9.81. The molecule has 11 nitrogen and oxygen atoms in total. The van der Waals surface area contributed by atoms with E-state index >= 15 is 0 Å². The molecule has 0 heterocycles. The van der Waals surface area contributed by atoms with Gasteiger partial charge in [-0.25, -0.2) is 4.79 Å². The van der Waals surface area contributed by atoms with E-state index in [1.807, 2.05) is 55.5 Å². The van der Waals surface area contributed by atoms with E-state index in [-0.39, 0.29) is 54.2 Å². The first kappa shape index (κ1) is 30.3. The van der Waals surface area contributed by atoms with Gasteiger partial charge < -0.3 is 19.5 Å². The molecule has 0 saturated heterocycles. The molecule has 3 aromatic rings. The molecule has 0 radical (unpaired) electrons. The number of methoxy groups -OCH3 is 1. The van der Waals surface area contributed by atoms with Gasteiger partial charge in [-0.15, -0.1) is 0 Å². The summed E-state index contributed by atoms with van der Waals surface area (Å²) in [5, 5.41) is 14.7. The summed E-state index contributed by atoms with van der Waals surface area (Å²) in [4.78, 5) is 41.1. The number of ether oxygens (including phenoxy) is 3. The van der Waals surface area contributed by atoms with Crippen LogP contribution in [0.5, 0.6) is 11.5 Å². The second kappa shape index (κ2) is 14.3. The Morgan fingerprint density at radius 2 is 1.69 bits per heavy atom. The van der Waals surface area contributed by atoms with E-state index in [4.69, 9.17) is 19.0 Å². The number of hydroxylamine groups is 1. The minimum absolute atomic E-state index is 0.0800. The molecule has 3 aromatic carbocycles. The van der Waals surface area contributed by atoms with Crippen LogP contribution >= 0.6 is 0 Å². The Labute approximate surface area is 244 Å². The van der Waals surface area contributed by atoms with Gasteiger partial charge in [-0.2, -0.15) is 5.48 Å². The Bertz CT molecular complexity index is 1380. The van der Waals surface area contributed by atoms with Crippen LogP contribution in [0.3, 0.4) is 0 Å². The number of nitrogens with one attached hydrogen (secondary N) is 2. The standard InChI is InChI=1S/C31H35N3O8/c1-4-15-32-30(35)14-9-16-40-29-18-27(34(37)38)25(17-28(29)39-3)20(2)42-33-31(36)41-19-26-23-12-7-5-10-21(23)22-11-6-8-13-24(22)26/h5-8,10-13,17-18,20,26H,4,9,14-16,19H2,1-3H3,(H,32,35)(H,33,36). The third kappa shape index (κ3) is 7.16. The molecule has 42 heavy (non-hydrogen) atoms. The molecular formula is C31H35N3O8. The molecule has 1 aliphatic carbocycles. The molecule has 222 valence electrons. The molecule has 2 N–H and O–H groups in total. The van der Waals surface area contributed by atoms with Crippen molar-refractivity contribution in [2.75, 3.05) is 26.9 Å². The number of nitrogens with zero attached hydrogens (tertiary/aromatic N) is 1. The molecule has 0 bridgehead atoms. The molecule has 1 atom stereocenters. The number of fused-ring (bicyclic) bond motifs is 3. The second-order valence-corrected chi connectivity index (χ2v) is 9.81. The maximum Gasteiger partial charge on any atom is 0.431 e. The molecule has 1 aliphatic rings. The van der Waals surface area contributed by atoms with Gasteiger partial charge in [0.25, 0.3) is 5.69 Å². The largest absolute Gasteiger partial charge is 0.493 e. The van der Waals surface area contributed by atoms with Crippen molar-refractivity contribution in [3.05, 3.63) is 87.5 Å². The van der Waals surface area contributed by atoms with Crippen molar-refractivity contribution in [3.63, 3.8) is 0 Å². The fourth-order valence-corrected chi connectivity index (χ4v) is 4.92. The van der Waals surface area contributed by atoms with Crippen molar-refractivity contribution < 1.29 is 33.6 Å². The van der Waals surface area contributed by atoms with Crippen molar-refractivity contribution in [1.82, 2.24) is 10.8 Å². The Morgan fingerprint density at radius 1 is 1.02 bits per heavy atom. The summed E-state index contributed by atoms with van der Waals surface area (Å²) in [7, 11) is 1.41. The molecule has 4 rings (SSSR count). The zero-order chi connectivity index (χ0) is 30.1. The van der Waals surface area contributed by atoms with Crippen LogP contribution in [-0.4, -0.2) is 43.8 Å². The first-order valence-corrected chi connectivity index (χ1v) is 13.9. The van der Waals surface area contributed by atoms with Gasteiger partial charge in [-0.1, -0.05) is 55.5 Å².